The third-order valence-corrected chi connectivity index (χ3v) is 2.03. The van der Waals surface area contributed by atoms with Crippen LogP contribution in [0.5, 0.6) is 0 Å². The van der Waals surface area contributed by atoms with E-state index in [9.17, 15) is 4.79 Å². The first-order valence-corrected chi connectivity index (χ1v) is 4.43. The van der Waals surface area contributed by atoms with Crippen LogP contribution in [0.15, 0.2) is 24.5 Å². The Morgan fingerprint density at radius 1 is 1.57 bits per heavy atom. The molecule has 0 saturated heterocycles. The number of aromatic nitrogens is 1. The second-order valence-corrected chi connectivity index (χ2v) is 2.93. The van der Waals surface area contributed by atoms with Gasteiger partial charge in [-0.3, -0.25) is 4.79 Å². The molecule has 0 aliphatic heterocycles. The number of hydrogen-bond acceptors (Lipinski definition) is 2. The quantitative estimate of drug-likeness (QED) is 0.535. The molecule has 1 unspecified atom stereocenters. The fourth-order valence-corrected chi connectivity index (χ4v) is 1.23. The van der Waals surface area contributed by atoms with E-state index in [1.807, 2.05) is 29.1 Å². The predicted octanol–water partition coefficient (Wildman–Crippen LogP) is 1.62. The molecular formula is C11H13NO2. The molecule has 74 valence electrons. The molecule has 0 spiro atoms. The van der Waals surface area contributed by atoms with E-state index in [2.05, 4.69) is 10.7 Å². The van der Waals surface area contributed by atoms with Gasteiger partial charge in [-0.1, -0.05) is 5.92 Å². The summed E-state index contributed by atoms with van der Waals surface area (Å²) < 4.78 is 6.45. The van der Waals surface area contributed by atoms with E-state index >= 15 is 0 Å². The number of terminal acetylenes is 1. The van der Waals surface area contributed by atoms with E-state index < -0.39 is 0 Å². The molecule has 0 amide bonds. The molecule has 0 radical (unpaired) electrons. The van der Waals surface area contributed by atoms with Gasteiger partial charge >= 0.3 is 5.97 Å². The first-order valence-electron chi connectivity index (χ1n) is 4.43. The van der Waals surface area contributed by atoms with Crippen LogP contribution in [-0.4, -0.2) is 17.6 Å². The van der Waals surface area contributed by atoms with Crippen molar-refractivity contribution in [3.05, 3.63) is 24.5 Å². The van der Waals surface area contributed by atoms with E-state index in [1.165, 1.54) is 7.11 Å². The Balaban J connectivity index is 2.50. The van der Waals surface area contributed by atoms with Gasteiger partial charge in [-0.15, -0.1) is 6.42 Å². The van der Waals surface area contributed by atoms with Crippen LogP contribution in [0.4, 0.5) is 0 Å². The van der Waals surface area contributed by atoms with Gasteiger partial charge in [0.1, 0.15) is 0 Å². The highest BCUT2D eigenvalue weighted by Crippen LogP contribution is 2.13. The minimum atomic E-state index is -0.225. The third kappa shape index (κ3) is 2.67. The first kappa shape index (κ1) is 10.4. The minimum Gasteiger partial charge on any atom is -0.469 e. The Morgan fingerprint density at radius 3 is 2.71 bits per heavy atom. The van der Waals surface area contributed by atoms with Crippen LogP contribution in [0.1, 0.15) is 18.9 Å². The van der Waals surface area contributed by atoms with Crippen LogP contribution in [0.3, 0.4) is 0 Å². The Bertz CT molecular complexity index is 322. The first-order chi connectivity index (χ1) is 6.77. The van der Waals surface area contributed by atoms with E-state index in [-0.39, 0.29) is 12.0 Å². The molecule has 0 N–H and O–H groups in total. The summed E-state index contributed by atoms with van der Waals surface area (Å²) in [6.45, 7) is 0. The van der Waals surface area contributed by atoms with Gasteiger partial charge in [0.15, 0.2) is 0 Å². The van der Waals surface area contributed by atoms with Crippen molar-refractivity contribution >= 4 is 5.97 Å². The average Bonchev–Trinajstić information content (AvgIpc) is 2.72. The summed E-state index contributed by atoms with van der Waals surface area (Å²) in [4.78, 5) is 10.9. The maximum absolute atomic E-state index is 10.9. The maximum Gasteiger partial charge on any atom is 0.305 e. The zero-order chi connectivity index (χ0) is 10.4. The number of carbonyl (C=O) groups excluding carboxylic acids is 1. The zero-order valence-corrected chi connectivity index (χ0v) is 8.14. The van der Waals surface area contributed by atoms with Crippen LogP contribution >= 0.6 is 0 Å². The molecule has 0 saturated carbocycles. The van der Waals surface area contributed by atoms with Gasteiger partial charge in [0.05, 0.1) is 13.2 Å². The normalized spacial score (nSPS) is 11.7. The number of nitrogens with zero attached hydrogens (tertiary/aromatic N) is 1. The molecule has 0 fully saturated rings. The second kappa shape index (κ2) is 5.13. The molecule has 1 heterocycles. The van der Waals surface area contributed by atoms with Gasteiger partial charge in [0.2, 0.25) is 0 Å². The molecule has 3 heteroatoms. The molecule has 0 aromatic carbocycles. The lowest BCUT2D eigenvalue weighted by Gasteiger charge is -2.11. The molecule has 0 aliphatic rings. The van der Waals surface area contributed by atoms with Crippen LogP contribution in [-0.2, 0) is 9.53 Å². The van der Waals surface area contributed by atoms with E-state index in [0.29, 0.717) is 12.8 Å². The summed E-state index contributed by atoms with van der Waals surface area (Å²) in [6, 6.07) is 3.74. The monoisotopic (exact) mass is 191 g/mol. The van der Waals surface area contributed by atoms with Crippen molar-refractivity contribution in [2.75, 3.05) is 7.11 Å². The molecular weight excluding hydrogens is 178 g/mol. The highest BCUT2D eigenvalue weighted by Gasteiger charge is 2.09. The lowest BCUT2D eigenvalue weighted by Crippen LogP contribution is -2.08. The van der Waals surface area contributed by atoms with Crippen molar-refractivity contribution in [2.45, 2.75) is 18.9 Å². The third-order valence-electron chi connectivity index (χ3n) is 2.03. The number of methoxy groups -OCH3 is 1. The van der Waals surface area contributed by atoms with Crippen LogP contribution < -0.4 is 0 Å². The van der Waals surface area contributed by atoms with Gasteiger partial charge in [0.25, 0.3) is 0 Å². The van der Waals surface area contributed by atoms with Crippen molar-refractivity contribution in [3.8, 4) is 12.3 Å². The summed E-state index contributed by atoms with van der Waals surface area (Å²) in [7, 11) is 1.38. The predicted molar refractivity (Wildman–Crippen MR) is 53.6 cm³/mol. The van der Waals surface area contributed by atoms with Crippen LogP contribution in [0.2, 0.25) is 0 Å². The number of rotatable bonds is 4. The van der Waals surface area contributed by atoms with Gasteiger partial charge in [-0.2, -0.15) is 0 Å². The van der Waals surface area contributed by atoms with Crippen molar-refractivity contribution in [3.63, 3.8) is 0 Å². The van der Waals surface area contributed by atoms with Crippen molar-refractivity contribution < 1.29 is 9.53 Å². The Kier molecular flexibility index (Phi) is 3.81. The highest BCUT2D eigenvalue weighted by molar-refractivity contribution is 5.69. The number of hydrogen-bond donors (Lipinski definition) is 0. The standard InChI is InChI=1S/C11H13NO2/c1-3-10(6-7-11(13)14-2)12-8-4-5-9-12/h1,4-5,8-10H,6-7H2,2H3. The smallest absolute Gasteiger partial charge is 0.305 e. The molecule has 3 nitrogen and oxygen atoms in total. The number of ether oxygens (including phenoxy) is 1. The minimum absolute atomic E-state index is 0.0656. The number of carbonyl (C=O) groups is 1. The fourth-order valence-electron chi connectivity index (χ4n) is 1.23. The Hall–Kier alpha value is -1.69. The molecule has 1 atom stereocenters. The molecule has 1 rings (SSSR count). The molecule has 0 bridgehead atoms. The van der Waals surface area contributed by atoms with Crippen molar-refractivity contribution in [1.82, 2.24) is 4.57 Å². The Labute approximate surface area is 83.7 Å². The van der Waals surface area contributed by atoms with Crippen LogP contribution in [0, 0.1) is 12.3 Å². The topological polar surface area (TPSA) is 31.2 Å². The van der Waals surface area contributed by atoms with E-state index in [0.717, 1.165) is 0 Å². The molecule has 14 heavy (non-hydrogen) atoms. The Morgan fingerprint density at radius 2 is 2.21 bits per heavy atom. The maximum atomic E-state index is 10.9. The van der Waals surface area contributed by atoms with E-state index in [4.69, 9.17) is 6.42 Å². The number of esters is 1. The second-order valence-electron chi connectivity index (χ2n) is 2.93. The van der Waals surface area contributed by atoms with E-state index in [1.54, 1.807) is 0 Å². The lowest BCUT2D eigenvalue weighted by molar-refractivity contribution is -0.140. The molecule has 0 aliphatic carbocycles. The van der Waals surface area contributed by atoms with Gasteiger partial charge < -0.3 is 9.30 Å². The zero-order valence-electron chi connectivity index (χ0n) is 8.14. The van der Waals surface area contributed by atoms with Gasteiger partial charge in [0, 0.05) is 18.8 Å². The summed E-state index contributed by atoms with van der Waals surface area (Å²) in [5, 5.41) is 0. The lowest BCUT2D eigenvalue weighted by atomic mass is 10.1. The largest absolute Gasteiger partial charge is 0.469 e. The van der Waals surface area contributed by atoms with Crippen LogP contribution in [0.25, 0.3) is 0 Å². The van der Waals surface area contributed by atoms with Gasteiger partial charge in [-0.05, 0) is 18.6 Å². The van der Waals surface area contributed by atoms with Gasteiger partial charge in [-0.25, -0.2) is 0 Å². The van der Waals surface area contributed by atoms with Crippen molar-refractivity contribution in [2.24, 2.45) is 0 Å². The molecule has 1 aromatic heterocycles. The SMILES string of the molecule is C#CC(CCC(=O)OC)n1cccc1. The fraction of sp³-hybridized carbons (Fsp3) is 0.364. The highest BCUT2D eigenvalue weighted by atomic mass is 16.5. The summed E-state index contributed by atoms with van der Waals surface area (Å²) in [5.41, 5.74) is 0. The average molecular weight is 191 g/mol. The summed E-state index contributed by atoms with van der Waals surface area (Å²) >= 11 is 0. The summed E-state index contributed by atoms with van der Waals surface area (Å²) in [5.74, 6) is 2.41. The summed E-state index contributed by atoms with van der Waals surface area (Å²) in [6.07, 6.45) is 10.1. The van der Waals surface area contributed by atoms with Crippen molar-refractivity contribution in [1.29, 1.82) is 0 Å². The molecule has 1 aromatic rings.